The van der Waals surface area contributed by atoms with E-state index in [0.717, 1.165) is 19.0 Å². The minimum absolute atomic E-state index is 0.140. The van der Waals surface area contributed by atoms with Crippen LogP contribution in [0.5, 0.6) is 0 Å². The number of furan rings is 1. The molecule has 2 aliphatic heterocycles. The van der Waals surface area contributed by atoms with Gasteiger partial charge in [0, 0.05) is 32.3 Å². The second-order valence-corrected chi connectivity index (χ2v) is 8.14. The fourth-order valence-electron chi connectivity index (χ4n) is 3.42. The van der Waals surface area contributed by atoms with Crippen LogP contribution in [0.4, 0.5) is 11.6 Å². The van der Waals surface area contributed by atoms with E-state index < -0.39 is 5.97 Å². The SMILES string of the molecule is COC(=O)c1cccc(N=C2SC(=Cc3ccc(N4CCCCC4)o3)C(=O)N2C)c1. The van der Waals surface area contributed by atoms with E-state index >= 15 is 0 Å². The quantitative estimate of drug-likeness (QED) is 0.537. The summed E-state index contributed by atoms with van der Waals surface area (Å²) in [7, 11) is 3.02. The average Bonchev–Trinajstić information content (AvgIpc) is 3.35. The fourth-order valence-corrected chi connectivity index (χ4v) is 4.38. The third-order valence-corrected chi connectivity index (χ3v) is 6.11. The van der Waals surface area contributed by atoms with E-state index in [1.165, 1.54) is 43.0 Å². The lowest BCUT2D eigenvalue weighted by Crippen LogP contribution is -2.28. The van der Waals surface area contributed by atoms with E-state index in [4.69, 9.17) is 9.15 Å². The number of aliphatic imine (C=N–C) groups is 1. The van der Waals surface area contributed by atoms with Crippen LogP contribution < -0.4 is 4.90 Å². The number of hydrogen-bond donors (Lipinski definition) is 0. The normalized spacial score (nSPS) is 19.7. The van der Waals surface area contributed by atoms with Crippen LogP contribution in [-0.4, -0.2) is 49.2 Å². The maximum Gasteiger partial charge on any atom is 0.337 e. The predicted octanol–water partition coefficient (Wildman–Crippen LogP) is 4.29. The van der Waals surface area contributed by atoms with Gasteiger partial charge >= 0.3 is 5.97 Å². The third kappa shape index (κ3) is 4.28. The van der Waals surface area contributed by atoms with Gasteiger partial charge in [0.05, 0.1) is 23.3 Å². The van der Waals surface area contributed by atoms with Crippen LogP contribution in [0.15, 0.2) is 50.7 Å². The first-order valence-electron chi connectivity index (χ1n) is 9.84. The summed E-state index contributed by atoms with van der Waals surface area (Å²) in [4.78, 5) is 33.2. The molecule has 0 bridgehead atoms. The minimum Gasteiger partial charge on any atom is -0.465 e. The molecule has 2 saturated heterocycles. The molecule has 0 aliphatic carbocycles. The minimum atomic E-state index is -0.427. The number of benzene rings is 1. The highest BCUT2D eigenvalue weighted by Gasteiger charge is 2.31. The molecule has 2 aliphatic rings. The van der Waals surface area contributed by atoms with E-state index in [1.54, 1.807) is 37.4 Å². The highest BCUT2D eigenvalue weighted by atomic mass is 32.2. The van der Waals surface area contributed by atoms with Crippen LogP contribution >= 0.6 is 11.8 Å². The van der Waals surface area contributed by atoms with Crippen LogP contribution in [0, 0.1) is 0 Å². The molecule has 0 radical (unpaired) electrons. The summed E-state index contributed by atoms with van der Waals surface area (Å²) >= 11 is 1.28. The van der Waals surface area contributed by atoms with Crippen molar-refractivity contribution >= 4 is 46.5 Å². The summed E-state index contributed by atoms with van der Waals surface area (Å²) in [6.07, 6.45) is 5.36. The first kappa shape index (κ1) is 20.3. The molecule has 0 saturated carbocycles. The largest absolute Gasteiger partial charge is 0.465 e. The molecular weight excluding hydrogens is 402 g/mol. The number of thioether (sulfide) groups is 1. The Morgan fingerprint density at radius 2 is 2.00 bits per heavy atom. The number of likely N-dealkylation sites (N-methyl/N-ethyl adjacent to an activating group) is 1. The number of piperidine rings is 1. The van der Waals surface area contributed by atoms with E-state index in [0.29, 0.717) is 27.1 Å². The second-order valence-electron chi connectivity index (χ2n) is 7.13. The van der Waals surface area contributed by atoms with Crippen LogP contribution in [0.25, 0.3) is 6.08 Å². The van der Waals surface area contributed by atoms with Gasteiger partial charge in [-0.05, 0) is 55.3 Å². The first-order chi connectivity index (χ1) is 14.5. The van der Waals surface area contributed by atoms with Gasteiger partial charge < -0.3 is 14.1 Å². The molecule has 1 aromatic heterocycles. The smallest absolute Gasteiger partial charge is 0.337 e. The summed E-state index contributed by atoms with van der Waals surface area (Å²) in [5.74, 6) is 0.926. The summed E-state index contributed by atoms with van der Waals surface area (Å²) in [6.45, 7) is 2.00. The summed E-state index contributed by atoms with van der Waals surface area (Å²) in [5, 5.41) is 0.538. The van der Waals surface area contributed by atoms with Gasteiger partial charge in [-0.25, -0.2) is 9.79 Å². The monoisotopic (exact) mass is 425 g/mol. The Hall–Kier alpha value is -3.00. The Morgan fingerprint density at radius 3 is 2.77 bits per heavy atom. The lowest BCUT2D eigenvalue weighted by molar-refractivity contribution is -0.121. The number of nitrogens with zero attached hydrogens (tertiary/aromatic N) is 3. The molecule has 2 aromatic rings. The van der Waals surface area contributed by atoms with Crippen molar-refractivity contribution in [1.82, 2.24) is 4.90 Å². The van der Waals surface area contributed by atoms with E-state index in [2.05, 4.69) is 9.89 Å². The van der Waals surface area contributed by atoms with Crippen molar-refractivity contribution in [2.45, 2.75) is 19.3 Å². The van der Waals surface area contributed by atoms with Gasteiger partial charge in [-0.1, -0.05) is 6.07 Å². The lowest BCUT2D eigenvalue weighted by atomic mass is 10.1. The van der Waals surface area contributed by atoms with Crippen molar-refractivity contribution in [2.75, 3.05) is 32.1 Å². The Kier molecular flexibility index (Phi) is 5.94. The van der Waals surface area contributed by atoms with Gasteiger partial charge in [0.15, 0.2) is 11.1 Å². The number of methoxy groups -OCH3 is 1. The predicted molar refractivity (Wildman–Crippen MR) is 118 cm³/mol. The van der Waals surface area contributed by atoms with Crippen molar-refractivity contribution in [1.29, 1.82) is 0 Å². The second kappa shape index (κ2) is 8.79. The third-order valence-electron chi connectivity index (χ3n) is 5.05. The zero-order valence-electron chi connectivity index (χ0n) is 17.0. The molecule has 30 heavy (non-hydrogen) atoms. The number of amidine groups is 1. The molecule has 8 heteroatoms. The van der Waals surface area contributed by atoms with E-state index in [-0.39, 0.29) is 5.91 Å². The van der Waals surface area contributed by atoms with Gasteiger partial charge in [0.25, 0.3) is 5.91 Å². The standard InChI is InChI=1S/C22H23N3O4S/c1-24-20(26)18(14-17-9-10-19(29-17)25-11-4-3-5-12-25)30-22(24)23-16-8-6-7-15(13-16)21(27)28-2/h6-10,13-14H,3-5,11-12H2,1-2H3. The number of rotatable bonds is 4. The number of amides is 1. The van der Waals surface area contributed by atoms with Crippen molar-refractivity contribution in [2.24, 2.45) is 4.99 Å². The van der Waals surface area contributed by atoms with Crippen LogP contribution in [0.2, 0.25) is 0 Å². The van der Waals surface area contributed by atoms with Gasteiger partial charge in [-0.2, -0.15) is 0 Å². The molecule has 156 valence electrons. The first-order valence-corrected chi connectivity index (χ1v) is 10.7. The highest BCUT2D eigenvalue weighted by Crippen LogP contribution is 2.34. The molecule has 0 N–H and O–H groups in total. The topological polar surface area (TPSA) is 75.3 Å². The van der Waals surface area contributed by atoms with Crippen molar-refractivity contribution in [3.05, 3.63) is 52.6 Å². The van der Waals surface area contributed by atoms with Gasteiger partial charge in [0.2, 0.25) is 0 Å². The Balaban J connectivity index is 1.53. The Bertz CT molecular complexity index is 1020. The number of carbonyl (C=O) groups excluding carboxylic acids is 2. The van der Waals surface area contributed by atoms with Crippen molar-refractivity contribution < 1.29 is 18.7 Å². The van der Waals surface area contributed by atoms with E-state index in [9.17, 15) is 9.59 Å². The molecule has 4 rings (SSSR count). The molecule has 0 unspecified atom stereocenters. The van der Waals surface area contributed by atoms with Gasteiger partial charge in [0.1, 0.15) is 5.76 Å². The maximum absolute atomic E-state index is 12.7. The van der Waals surface area contributed by atoms with Gasteiger partial charge in [-0.3, -0.25) is 9.69 Å². The Labute approximate surface area is 179 Å². The molecular formula is C22H23N3O4S. The van der Waals surface area contributed by atoms with Crippen LogP contribution in [-0.2, 0) is 9.53 Å². The molecule has 0 spiro atoms. The summed E-state index contributed by atoms with van der Waals surface area (Å²) in [5.41, 5.74) is 0.986. The Morgan fingerprint density at radius 1 is 1.20 bits per heavy atom. The number of carbonyl (C=O) groups is 2. The molecule has 1 amide bonds. The molecule has 3 heterocycles. The molecule has 0 atom stereocenters. The number of ether oxygens (including phenoxy) is 1. The van der Waals surface area contributed by atoms with Crippen molar-refractivity contribution in [3.63, 3.8) is 0 Å². The van der Waals surface area contributed by atoms with Crippen LogP contribution in [0.3, 0.4) is 0 Å². The lowest BCUT2D eigenvalue weighted by Gasteiger charge is -2.25. The van der Waals surface area contributed by atoms with Gasteiger partial charge in [-0.15, -0.1) is 0 Å². The number of esters is 1. The summed E-state index contributed by atoms with van der Waals surface area (Å²) < 4.78 is 10.7. The zero-order chi connectivity index (χ0) is 21.1. The van der Waals surface area contributed by atoms with Crippen molar-refractivity contribution in [3.8, 4) is 0 Å². The average molecular weight is 426 g/mol. The van der Waals surface area contributed by atoms with E-state index in [1.807, 2.05) is 12.1 Å². The highest BCUT2D eigenvalue weighted by molar-refractivity contribution is 8.18. The zero-order valence-corrected chi connectivity index (χ0v) is 17.8. The maximum atomic E-state index is 12.7. The molecule has 2 fully saturated rings. The molecule has 1 aromatic carbocycles. The molecule has 7 nitrogen and oxygen atoms in total. The summed E-state index contributed by atoms with van der Waals surface area (Å²) in [6, 6.07) is 10.6. The number of hydrogen-bond acceptors (Lipinski definition) is 7. The van der Waals surface area contributed by atoms with Crippen LogP contribution in [0.1, 0.15) is 35.4 Å². The number of anilines is 1. The fraction of sp³-hybridized carbons (Fsp3) is 0.318.